The molecule has 0 spiro atoms. The molecule has 1 aliphatic heterocycles. The highest BCUT2D eigenvalue weighted by Crippen LogP contribution is 2.35. The molecular weight excluding hydrogens is 322 g/mol. The summed E-state index contributed by atoms with van der Waals surface area (Å²) in [5.41, 5.74) is -0.707. The molecule has 2 aliphatic rings. The van der Waals surface area contributed by atoms with Crippen LogP contribution in [0.5, 0.6) is 0 Å². The standard InChI is InChI=1S/C19H33NO5/c1-13(2)15-5-4-14(3)10-16(15)25-12-17(21)20-19(11-18(22)23)6-8-24-9-7-19/h13-16H,4-12H2,1-3H3,(H,20,21)(H,22,23). The van der Waals surface area contributed by atoms with Crippen LogP contribution in [0.4, 0.5) is 0 Å². The van der Waals surface area contributed by atoms with Crippen molar-refractivity contribution in [3.05, 3.63) is 0 Å². The van der Waals surface area contributed by atoms with Gasteiger partial charge in [-0.15, -0.1) is 0 Å². The van der Waals surface area contributed by atoms with Crippen molar-refractivity contribution in [3.8, 4) is 0 Å². The first-order valence-corrected chi connectivity index (χ1v) is 9.53. The maximum Gasteiger partial charge on any atom is 0.305 e. The van der Waals surface area contributed by atoms with Crippen LogP contribution >= 0.6 is 0 Å². The van der Waals surface area contributed by atoms with Gasteiger partial charge in [0.15, 0.2) is 0 Å². The molecule has 1 amide bonds. The first kappa shape index (κ1) is 20.2. The summed E-state index contributed by atoms with van der Waals surface area (Å²) < 4.78 is 11.3. The van der Waals surface area contributed by atoms with Crippen LogP contribution in [0.1, 0.15) is 59.3 Å². The van der Waals surface area contributed by atoms with E-state index in [1.807, 2.05) is 0 Å². The van der Waals surface area contributed by atoms with Crippen molar-refractivity contribution in [2.75, 3.05) is 19.8 Å². The van der Waals surface area contributed by atoms with E-state index in [1.54, 1.807) is 0 Å². The molecule has 1 saturated heterocycles. The van der Waals surface area contributed by atoms with Gasteiger partial charge in [-0.1, -0.05) is 27.2 Å². The third kappa shape index (κ3) is 5.96. The minimum absolute atomic E-state index is 0.00281. The third-order valence-corrected chi connectivity index (χ3v) is 5.73. The monoisotopic (exact) mass is 355 g/mol. The van der Waals surface area contributed by atoms with Gasteiger partial charge in [0.25, 0.3) is 0 Å². The minimum Gasteiger partial charge on any atom is -0.481 e. The number of carboxylic acid groups (broad SMARTS) is 1. The lowest BCUT2D eigenvalue weighted by molar-refractivity contribution is -0.142. The van der Waals surface area contributed by atoms with Gasteiger partial charge in [0.2, 0.25) is 5.91 Å². The van der Waals surface area contributed by atoms with E-state index >= 15 is 0 Å². The van der Waals surface area contributed by atoms with E-state index in [2.05, 4.69) is 26.1 Å². The summed E-state index contributed by atoms with van der Waals surface area (Å²) in [6.07, 6.45) is 4.45. The second-order valence-corrected chi connectivity index (χ2v) is 8.19. The molecule has 1 heterocycles. The lowest BCUT2D eigenvalue weighted by Gasteiger charge is -2.38. The van der Waals surface area contributed by atoms with Gasteiger partial charge in [-0.25, -0.2) is 0 Å². The smallest absolute Gasteiger partial charge is 0.305 e. The van der Waals surface area contributed by atoms with Crippen LogP contribution in [0.2, 0.25) is 0 Å². The number of amides is 1. The van der Waals surface area contributed by atoms with Crippen LogP contribution in [-0.4, -0.2) is 48.4 Å². The van der Waals surface area contributed by atoms with Crippen molar-refractivity contribution < 1.29 is 24.2 Å². The zero-order valence-electron chi connectivity index (χ0n) is 15.8. The van der Waals surface area contributed by atoms with Gasteiger partial charge in [0.05, 0.1) is 18.1 Å². The normalized spacial score (nSPS) is 29.4. The molecule has 0 aromatic heterocycles. The molecule has 1 saturated carbocycles. The maximum absolute atomic E-state index is 12.4. The van der Waals surface area contributed by atoms with Gasteiger partial charge < -0.3 is 19.9 Å². The number of hydrogen-bond acceptors (Lipinski definition) is 4. The van der Waals surface area contributed by atoms with E-state index in [0.717, 1.165) is 12.8 Å². The Morgan fingerprint density at radius 3 is 2.56 bits per heavy atom. The zero-order valence-corrected chi connectivity index (χ0v) is 15.8. The molecule has 1 aliphatic carbocycles. The topological polar surface area (TPSA) is 84.9 Å². The van der Waals surface area contributed by atoms with Crippen LogP contribution < -0.4 is 5.32 Å². The van der Waals surface area contributed by atoms with Crippen LogP contribution in [0.15, 0.2) is 0 Å². The summed E-state index contributed by atoms with van der Waals surface area (Å²) in [5, 5.41) is 12.1. The van der Waals surface area contributed by atoms with E-state index in [1.165, 1.54) is 6.42 Å². The van der Waals surface area contributed by atoms with E-state index in [0.29, 0.717) is 43.8 Å². The Bertz CT molecular complexity index is 459. The molecule has 6 nitrogen and oxygen atoms in total. The average molecular weight is 355 g/mol. The summed E-state index contributed by atoms with van der Waals surface area (Å²) in [5.74, 6) is 0.527. The molecule has 0 aromatic rings. The first-order chi connectivity index (χ1) is 11.8. The SMILES string of the molecule is CC1CCC(C(C)C)C(OCC(=O)NC2(CC(=O)O)CCOCC2)C1. The van der Waals surface area contributed by atoms with E-state index in [9.17, 15) is 14.7 Å². The van der Waals surface area contributed by atoms with Gasteiger partial charge in [-0.05, 0) is 43.4 Å². The third-order valence-electron chi connectivity index (χ3n) is 5.73. The van der Waals surface area contributed by atoms with E-state index in [-0.39, 0.29) is 25.0 Å². The Labute approximate surface area is 150 Å². The first-order valence-electron chi connectivity index (χ1n) is 9.53. The number of carboxylic acids is 1. The predicted molar refractivity (Wildman–Crippen MR) is 94.3 cm³/mol. The number of ether oxygens (including phenoxy) is 2. The molecule has 3 atom stereocenters. The summed E-state index contributed by atoms with van der Waals surface area (Å²) in [4.78, 5) is 23.6. The molecule has 2 N–H and O–H groups in total. The lowest BCUT2D eigenvalue weighted by Crippen LogP contribution is -2.54. The molecule has 0 radical (unpaired) electrons. The predicted octanol–water partition coefficient (Wildman–Crippen LogP) is 2.60. The lowest BCUT2D eigenvalue weighted by atomic mass is 9.75. The van der Waals surface area contributed by atoms with Crippen molar-refractivity contribution in [2.45, 2.75) is 70.9 Å². The average Bonchev–Trinajstić information content (AvgIpc) is 2.52. The molecule has 0 aromatic carbocycles. The Hall–Kier alpha value is -1.14. The van der Waals surface area contributed by atoms with E-state index in [4.69, 9.17) is 9.47 Å². The van der Waals surface area contributed by atoms with Crippen LogP contribution in [0, 0.1) is 17.8 Å². The Morgan fingerprint density at radius 1 is 1.28 bits per heavy atom. The second kappa shape index (κ2) is 8.99. The second-order valence-electron chi connectivity index (χ2n) is 8.19. The fourth-order valence-corrected chi connectivity index (χ4v) is 4.22. The van der Waals surface area contributed by atoms with Gasteiger partial charge >= 0.3 is 5.97 Å². The summed E-state index contributed by atoms with van der Waals surface area (Å²) in [7, 11) is 0. The molecular formula is C19H33NO5. The van der Waals surface area contributed by atoms with Crippen molar-refractivity contribution >= 4 is 11.9 Å². The zero-order chi connectivity index (χ0) is 18.4. The Balaban J connectivity index is 1.90. The Kier molecular flexibility index (Phi) is 7.25. The largest absolute Gasteiger partial charge is 0.481 e. The van der Waals surface area contributed by atoms with E-state index < -0.39 is 11.5 Å². The van der Waals surface area contributed by atoms with Crippen LogP contribution in [0.3, 0.4) is 0 Å². The highest BCUT2D eigenvalue weighted by Gasteiger charge is 2.37. The van der Waals surface area contributed by atoms with Crippen molar-refractivity contribution in [2.24, 2.45) is 17.8 Å². The van der Waals surface area contributed by atoms with Crippen molar-refractivity contribution in [1.29, 1.82) is 0 Å². The Morgan fingerprint density at radius 2 is 1.96 bits per heavy atom. The number of nitrogens with one attached hydrogen (secondary N) is 1. The number of carbonyl (C=O) groups is 2. The van der Waals surface area contributed by atoms with Gasteiger partial charge in [0.1, 0.15) is 6.61 Å². The molecule has 2 fully saturated rings. The van der Waals surface area contributed by atoms with Crippen LogP contribution in [0.25, 0.3) is 0 Å². The molecule has 2 rings (SSSR count). The summed E-state index contributed by atoms with van der Waals surface area (Å²) in [6, 6.07) is 0. The summed E-state index contributed by atoms with van der Waals surface area (Å²) >= 11 is 0. The molecule has 0 bridgehead atoms. The number of carbonyl (C=O) groups excluding carboxylic acids is 1. The highest BCUT2D eigenvalue weighted by molar-refractivity contribution is 5.79. The summed E-state index contributed by atoms with van der Waals surface area (Å²) in [6.45, 7) is 7.61. The number of rotatable bonds is 7. The van der Waals surface area contributed by atoms with Crippen molar-refractivity contribution in [3.63, 3.8) is 0 Å². The quantitative estimate of drug-likeness (QED) is 0.733. The number of aliphatic carboxylic acids is 1. The van der Waals surface area contributed by atoms with Crippen molar-refractivity contribution in [1.82, 2.24) is 5.32 Å². The van der Waals surface area contributed by atoms with Gasteiger partial charge in [-0.3, -0.25) is 9.59 Å². The minimum atomic E-state index is -0.899. The van der Waals surface area contributed by atoms with Gasteiger partial charge in [0, 0.05) is 13.2 Å². The molecule has 25 heavy (non-hydrogen) atoms. The van der Waals surface area contributed by atoms with Gasteiger partial charge in [-0.2, -0.15) is 0 Å². The molecule has 3 unspecified atom stereocenters. The molecule has 144 valence electrons. The highest BCUT2D eigenvalue weighted by atomic mass is 16.5. The fourth-order valence-electron chi connectivity index (χ4n) is 4.22. The maximum atomic E-state index is 12.4. The van der Waals surface area contributed by atoms with Crippen LogP contribution in [-0.2, 0) is 19.1 Å². The molecule has 6 heteroatoms. The fraction of sp³-hybridized carbons (Fsp3) is 0.895. The number of hydrogen-bond donors (Lipinski definition) is 2.